The van der Waals surface area contributed by atoms with Crippen LogP contribution >= 0.6 is 11.8 Å². The number of hydrogen-bond acceptors (Lipinski definition) is 4. The summed E-state index contributed by atoms with van der Waals surface area (Å²) >= 11 is 1.65. The fourth-order valence-electron chi connectivity index (χ4n) is 2.92. The molecule has 26 heavy (non-hydrogen) atoms. The number of anilines is 1. The molecule has 1 aliphatic heterocycles. The van der Waals surface area contributed by atoms with Crippen LogP contribution in [0.25, 0.3) is 0 Å². The van der Waals surface area contributed by atoms with Gasteiger partial charge in [0.1, 0.15) is 0 Å². The van der Waals surface area contributed by atoms with Gasteiger partial charge in [-0.05, 0) is 48.9 Å². The van der Waals surface area contributed by atoms with E-state index >= 15 is 0 Å². The Hall–Kier alpha value is -1.83. The number of nitrogens with zero attached hydrogens (tertiary/aromatic N) is 1. The van der Waals surface area contributed by atoms with Gasteiger partial charge in [0.05, 0.1) is 10.6 Å². The largest absolute Gasteiger partial charge is 0.321 e. The van der Waals surface area contributed by atoms with E-state index in [1.54, 1.807) is 30.0 Å². The summed E-state index contributed by atoms with van der Waals surface area (Å²) in [6.45, 7) is 3.14. The van der Waals surface area contributed by atoms with E-state index in [-0.39, 0.29) is 10.8 Å². The van der Waals surface area contributed by atoms with Crippen molar-refractivity contribution in [2.24, 2.45) is 0 Å². The third-order valence-electron chi connectivity index (χ3n) is 4.23. The van der Waals surface area contributed by atoms with Gasteiger partial charge in [0.15, 0.2) is 0 Å². The predicted octanol–water partition coefficient (Wildman–Crippen LogP) is 3.84. The van der Waals surface area contributed by atoms with Crippen molar-refractivity contribution in [1.29, 1.82) is 0 Å². The van der Waals surface area contributed by atoms with Crippen LogP contribution in [-0.2, 0) is 10.0 Å². The topological polar surface area (TPSA) is 66.5 Å². The molecule has 1 saturated heterocycles. The molecule has 138 valence electrons. The molecule has 1 aliphatic rings. The van der Waals surface area contributed by atoms with Crippen LogP contribution in [0.5, 0.6) is 0 Å². The van der Waals surface area contributed by atoms with Crippen molar-refractivity contribution in [1.82, 2.24) is 4.31 Å². The lowest BCUT2D eigenvalue weighted by molar-refractivity contribution is 0.102. The second-order valence-corrected chi connectivity index (χ2v) is 9.27. The molecule has 1 fully saturated rings. The normalized spacial score (nSPS) is 15.1. The van der Waals surface area contributed by atoms with Crippen molar-refractivity contribution in [3.8, 4) is 0 Å². The molecule has 2 aromatic carbocycles. The van der Waals surface area contributed by atoms with Gasteiger partial charge in [0.2, 0.25) is 10.0 Å². The van der Waals surface area contributed by atoms with Crippen molar-refractivity contribution < 1.29 is 13.2 Å². The van der Waals surface area contributed by atoms with Gasteiger partial charge in [0.25, 0.3) is 5.91 Å². The lowest BCUT2D eigenvalue weighted by Crippen LogP contribution is -2.28. The first-order valence-corrected chi connectivity index (χ1v) is 11.1. The van der Waals surface area contributed by atoms with Crippen LogP contribution in [0.4, 0.5) is 5.69 Å². The summed E-state index contributed by atoms with van der Waals surface area (Å²) in [4.78, 5) is 13.8. The number of amides is 1. The first kappa shape index (κ1) is 18.9. The molecule has 2 aromatic rings. The summed E-state index contributed by atoms with van der Waals surface area (Å²) < 4.78 is 26.9. The lowest BCUT2D eigenvalue weighted by Gasteiger charge is -2.16. The highest BCUT2D eigenvalue weighted by molar-refractivity contribution is 7.99. The van der Waals surface area contributed by atoms with Crippen LogP contribution in [0, 0.1) is 0 Å². The van der Waals surface area contributed by atoms with E-state index in [2.05, 4.69) is 12.2 Å². The zero-order chi connectivity index (χ0) is 18.6. The Morgan fingerprint density at radius 1 is 1.12 bits per heavy atom. The van der Waals surface area contributed by atoms with Crippen LogP contribution in [-0.4, -0.2) is 37.5 Å². The van der Waals surface area contributed by atoms with Gasteiger partial charge < -0.3 is 5.32 Å². The number of para-hydroxylation sites is 1. The van der Waals surface area contributed by atoms with E-state index in [4.69, 9.17) is 0 Å². The summed E-state index contributed by atoms with van der Waals surface area (Å²) in [7, 11) is -3.54. The maximum Gasteiger partial charge on any atom is 0.255 e. The number of thioether (sulfide) groups is 1. The van der Waals surface area contributed by atoms with E-state index < -0.39 is 10.0 Å². The smallest absolute Gasteiger partial charge is 0.255 e. The average Bonchev–Trinajstić information content (AvgIpc) is 3.19. The molecule has 0 saturated carbocycles. The van der Waals surface area contributed by atoms with E-state index in [9.17, 15) is 13.2 Å². The molecule has 0 aliphatic carbocycles. The second kappa shape index (κ2) is 8.24. The first-order chi connectivity index (χ1) is 12.5. The monoisotopic (exact) mass is 390 g/mol. The highest BCUT2D eigenvalue weighted by atomic mass is 32.2. The molecule has 0 spiro atoms. The SMILES string of the molecule is CCSc1ccccc1NC(=O)c1cccc(S(=O)(=O)N2CCCC2)c1. The molecular formula is C19H22N2O3S2. The maximum atomic E-state index is 12.7. The Bertz CT molecular complexity index is 891. The summed E-state index contributed by atoms with van der Waals surface area (Å²) in [5, 5.41) is 2.89. The van der Waals surface area contributed by atoms with Gasteiger partial charge in [-0.25, -0.2) is 8.42 Å². The van der Waals surface area contributed by atoms with Gasteiger partial charge in [-0.1, -0.05) is 25.1 Å². The minimum Gasteiger partial charge on any atom is -0.321 e. The third kappa shape index (κ3) is 4.11. The minimum absolute atomic E-state index is 0.170. The molecular weight excluding hydrogens is 368 g/mol. The molecule has 3 rings (SSSR count). The first-order valence-electron chi connectivity index (χ1n) is 8.66. The van der Waals surface area contributed by atoms with Crippen LogP contribution in [0.2, 0.25) is 0 Å². The number of nitrogens with one attached hydrogen (secondary N) is 1. The highest BCUT2D eigenvalue weighted by Gasteiger charge is 2.27. The Balaban J connectivity index is 1.83. The molecule has 0 atom stereocenters. The average molecular weight is 391 g/mol. The summed E-state index contributed by atoms with van der Waals surface area (Å²) in [5.74, 6) is 0.587. The number of hydrogen-bond donors (Lipinski definition) is 1. The quantitative estimate of drug-likeness (QED) is 0.761. The van der Waals surface area contributed by atoms with Crippen molar-refractivity contribution in [2.45, 2.75) is 29.6 Å². The van der Waals surface area contributed by atoms with Crippen molar-refractivity contribution >= 4 is 33.4 Å². The summed E-state index contributed by atoms with van der Waals surface area (Å²) in [5.41, 5.74) is 1.07. The van der Waals surface area contributed by atoms with E-state index in [0.717, 1.165) is 29.2 Å². The predicted molar refractivity (Wildman–Crippen MR) is 105 cm³/mol. The molecule has 5 nitrogen and oxygen atoms in total. The Morgan fingerprint density at radius 3 is 2.58 bits per heavy atom. The summed E-state index contributed by atoms with van der Waals surface area (Å²) in [6.07, 6.45) is 1.76. The lowest BCUT2D eigenvalue weighted by atomic mass is 10.2. The Kier molecular flexibility index (Phi) is 6.01. The van der Waals surface area contributed by atoms with Gasteiger partial charge >= 0.3 is 0 Å². The molecule has 0 aromatic heterocycles. The number of carbonyl (C=O) groups is 1. The highest BCUT2D eigenvalue weighted by Crippen LogP contribution is 2.27. The van der Waals surface area contributed by atoms with Crippen LogP contribution < -0.4 is 5.32 Å². The number of sulfonamides is 1. The number of benzene rings is 2. The van der Waals surface area contributed by atoms with Gasteiger partial charge in [-0.2, -0.15) is 4.31 Å². The Morgan fingerprint density at radius 2 is 1.85 bits per heavy atom. The maximum absolute atomic E-state index is 12.7. The zero-order valence-corrected chi connectivity index (χ0v) is 16.3. The standard InChI is InChI=1S/C19H22N2O3S2/c1-2-25-18-11-4-3-10-17(18)20-19(22)15-8-7-9-16(14-15)26(23,24)21-12-5-6-13-21/h3-4,7-11,14H,2,5-6,12-13H2,1H3,(H,20,22). The van der Waals surface area contributed by atoms with Gasteiger partial charge in [-0.15, -0.1) is 11.8 Å². The molecule has 0 bridgehead atoms. The molecule has 1 amide bonds. The molecule has 1 N–H and O–H groups in total. The second-order valence-electron chi connectivity index (χ2n) is 6.02. The van der Waals surface area contributed by atoms with E-state index in [1.807, 2.05) is 24.3 Å². The van der Waals surface area contributed by atoms with Crippen LogP contribution in [0.15, 0.2) is 58.3 Å². The fraction of sp³-hybridized carbons (Fsp3) is 0.316. The minimum atomic E-state index is -3.54. The Labute approximate surface area is 158 Å². The summed E-state index contributed by atoms with van der Waals surface area (Å²) in [6, 6.07) is 13.8. The third-order valence-corrected chi connectivity index (χ3v) is 7.08. The van der Waals surface area contributed by atoms with E-state index in [0.29, 0.717) is 18.7 Å². The van der Waals surface area contributed by atoms with E-state index in [1.165, 1.54) is 10.4 Å². The van der Waals surface area contributed by atoms with Gasteiger partial charge in [-0.3, -0.25) is 4.79 Å². The van der Waals surface area contributed by atoms with Crippen molar-refractivity contribution in [3.63, 3.8) is 0 Å². The van der Waals surface area contributed by atoms with Gasteiger partial charge in [0, 0.05) is 23.5 Å². The fourth-order valence-corrected chi connectivity index (χ4v) is 5.24. The number of carbonyl (C=O) groups excluding carboxylic acids is 1. The molecule has 7 heteroatoms. The molecule has 0 radical (unpaired) electrons. The van der Waals surface area contributed by atoms with Crippen molar-refractivity contribution in [2.75, 3.05) is 24.2 Å². The van der Waals surface area contributed by atoms with Crippen LogP contribution in [0.3, 0.4) is 0 Å². The molecule has 1 heterocycles. The zero-order valence-electron chi connectivity index (χ0n) is 14.6. The molecule has 0 unspecified atom stereocenters. The van der Waals surface area contributed by atoms with Crippen molar-refractivity contribution in [3.05, 3.63) is 54.1 Å². The number of rotatable bonds is 6. The van der Waals surface area contributed by atoms with Crippen LogP contribution in [0.1, 0.15) is 30.1 Å².